The molecule has 0 unspecified atom stereocenters. The van der Waals surface area contributed by atoms with Crippen molar-refractivity contribution in [1.82, 2.24) is 0 Å². The first-order valence-corrected chi connectivity index (χ1v) is 9.82. The molecular weight excluding hydrogens is 393 g/mol. The van der Waals surface area contributed by atoms with Gasteiger partial charge in [-0.25, -0.2) is 8.78 Å². The van der Waals surface area contributed by atoms with Gasteiger partial charge in [-0.1, -0.05) is 37.1 Å². The molecular formula is C21H18ClF3OS. The fraction of sp³-hybridized carbons (Fsp3) is 0.238. The highest BCUT2D eigenvalue weighted by atomic mass is 35.5. The number of hydrogen-bond donors (Lipinski definition) is 0. The van der Waals surface area contributed by atoms with Crippen LogP contribution in [0.1, 0.15) is 30.2 Å². The summed E-state index contributed by atoms with van der Waals surface area (Å²) in [5.74, 6) is -1.93. The van der Waals surface area contributed by atoms with Crippen molar-refractivity contribution in [2.75, 3.05) is 0 Å². The predicted octanol–water partition coefficient (Wildman–Crippen LogP) is 7.41. The minimum Gasteiger partial charge on any atom is -0.482 e. The van der Waals surface area contributed by atoms with Crippen molar-refractivity contribution in [2.24, 2.45) is 0 Å². The second-order valence-corrected chi connectivity index (χ2v) is 7.70. The Morgan fingerprint density at radius 3 is 2.30 bits per heavy atom. The summed E-state index contributed by atoms with van der Waals surface area (Å²) in [6, 6.07) is 10.9. The summed E-state index contributed by atoms with van der Waals surface area (Å²) in [5.41, 5.74) is 1.98. The molecule has 0 aliphatic rings. The molecule has 0 N–H and O–H groups in total. The van der Waals surface area contributed by atoms with Crippen LogP contribution in [0.25, 0.3) is 11.1 Å². The summed E-state index contributed by atoms with van der Waals surface area (Å²) >= 11 is 6.77. The number of hydrogen-bond acceptors (Lipinski definition) is 2. The lowest BCUT2D eigenvalue weighted by Crippen LogP contribution is -2.01. The van der Waals surface area contributed by atoms with Crippen molar-refractivity contribution in [2.45, 2.75) is 32.8 Å². The van der Waals surface area contributed by atoms with Crippen LogP contribution in [-0.4, -0.2) is 0 Å². The maximum atomic E-state index is 14.3. The Kier molecular flexibility index (Phi) is 6.45. The molecule has 0 radical (unpaired) electrons. The van der Waals surface area contributed by atoms with Gasteiger partial charge in [0.15, 0.2) is 22.5 Å². The van der Waals surface area contributed by atoms with Crippen molar-refractivity contribution in [3.8, 4) is 16.9 Å². The molecule has 0 atom stereocenters. The Balaban J connectivity index is 1.80. The van der Waals surface area contributed by atoms with Gasteiger partial charge in [0.05, 0.1) is 4.88 Å². The summed E-state index contributed by atoms with van der Waals surface area (Å²) in [4.78, 5) is 0.545. The van der Waals surface area contributed by atoms with Crippen LogP contribution in [-0.2, 0) is 13.0 Å². The third-order valence-electron chi connectivity index (χ3n) is 4.16. The lowest BCUT2D eigenvalue weighted by Gasteiger charge is -2.11. The van der Waals surface area contributed by atoms with Crippen LogP contribution in [0.5, 0.6) is 5.75 Å². The van der Waals surface area contributed by atoms with E-state index in [1.165, 1.54) is 18.2 Å². The monoisotopic (exact) mass is 410 g/mol. The fourth-order valence-electron chi connectivity index (χ4n) is 2.79. The molecule has 0 bridgehead atoms. The van der Waals surface area contributed by atoms with E-state index in [0.717, 1.165) is 29.7 Å². The molecule has 1 aromatic heterocycles. The second-order valence-electron chi connectivity index (χ2n) is 6.18. The number of rotatable bonds is 7. The lowest BCUT2D eigenvalue weighted by atomic mass is 10.1. The molecule has 2 aromatic carbocycles. The smallest absolute Gasteiger partial charge is 0.191 e. The predicted molar refractivity (Wildman–Crippen MR) is 104 cm³/mol. The van der Waals surface area contributed by atoms with Crippen LogP contribution < -0.4 is 4.74 Å². The molecule has 0 saturated carbocycles. The van der Waals surface area contributed by atoms with Gasteiger partial charge < -0.3 is 4.74 Å². The van der Waals surface area contributed by atoms with Crippen LogP contribution in [0.3, 0.4) is 0 Å². The van der Waals surface area contributed by atoms with Crippen molar-refractivity contribution in [3.63, 3.8) is 0 Å². The van der Waals surface area contributed by atoms with Crippen LogP contribution in [0.4, 0.5) is 13.2 Å². The van der Waals surface area contributed by atoms with E-state index in [1.807, 2.05) is 6.92 Å². The summed E-state index contributed by atoms with van der Waals surface area (Å²) in [6.45, 7) is 1.89. The number of aryl methyl sites for hydroxylation is 1. The highest BCUT2D eigenvalue weighted by Crippen LogP contribution is 2.33. The summed E-state index contributed by atoms with van der Waals surface area (Å²) in [5, 5.41) is 0.175. The Morgan fingerprint density at radius 2 is 1.67 bits per heavy atom. The Hall–Kier alpha value is -1.98. The largest absolute Gasteiger partial charge is 0.482 e. The van der Waals surface area contributed by atoms with Gasteiger partial charge in [0.1, 0.15) is 6.61 Å². The highest BCUT2D eigenvalue weighted by Gasteiger charge is 2.16. The molecule has 0 amide bonds. The number of halogens is 4. The molecule has 3 aromatic rings. The number of ether oxygens (including phenoxy) is 1. The van der Waals surface area contributed by atoms with Gasteiger partial charge >= 0.3 is 0 Å². The molecule has 0 saturated heterocycles. The molecule has 1 nitrogen and oxygen atoms in total. The summed E-state index contributed by atoms with van der Waals surface area (Å²) in [6.07, 6.45) is 2.42. The molecule has 27 heavy (non-hydrogen) atoms. The van der Waals surface area contributed by atoms with Gasteiger partial charge in [-0.3, -0.25) is 0 Å². The third-order valence-corrected chi connectivity index (χ3v) is 5.31. The molecule has 6 heteroatoms. The average Bonchev–Trinajstić information content (AvgIpc) is 3.00. The topological polar surface area (TPSA) is 9.23 Å². The first kappa shape index (κ1) is 19.8. The average molecular weight is 411 g/mol. The zero-order valence-corrected chi connectivity index (χ0v) is 16.3. The van der Waals surface area contributed by atoms with Crippen molar-refractivity contribution >= 4 is 22.9 Å². The second kappa shape index (κ2) is 8.81. The Labute approximate surface area is 165 Å². The molecule has 1 heterocycles. The molecule has 0 aliphatic carbocycles. The van der Waals surface area contributed by atoms with E-state index in [2.05, 4.69) is 0 Å². The summed E-state index contributed by atoms with van der Waals surface area (Å²) < 4.78 is 47.7. The molecule has 0 fully saturated rings. The minimum absolute atomic E-state index is 0.130. The SMILES string of the molecule is CCCCc1cc(F)c(OCc2sc(F)cc2-c2ccc(Cl)cc2)c(F)c1. The zero-order chi connectivity index (χ0) is 19.4. The Bertz CT molecular complexity index is 899. The van der Waals surface area contributed by atoms with Gasteiger partial charge in [-0.05, 0) is 54.3 Å². The number of unbranched alkanes of at least 4 members (excludes halogenated alkanes) is 1. The van der Waals surface area contributed by atoms with Crippen LogP contribution in [0.15, 0.2) is 42.5 Å². The first-order valence-electron chi connectivity index (χ1n) is 8.62. The minimum atomic E-state index is -0.744. The van der Waals surface area contributed by atoms with Gasteiger partial charge in [-0.2, -0.15) is 4.39 Å². The molecule has 0 spiro atoms. The maximum absolute atomic E-state index is 14.3. The van der Waals surface area contributed by atoms with E-state index < -0.39 is 22.5 Å². The lowest BCUT2D eigenvalue weighted by molar-refractivity contribution is 0.277. The van der Waals surface area contributed by atoms with E-state index in [0.29, 0.717) is 27.4 Å². The van der Waals surface area contributed by atoms with Crippen molar-refractivity contribution < 1.29 is 17.9 Å². The quantitative estimate of drug-likeness (QED) is 0.394. The first-order chi connectivity index (χ1) is 13.0. The molecule has 142 valence electrons. The molecule has 3 rings (SSSR count). The Morgan fingerprint density at radius 1 is 1.00 bits per heavy atom. The van der Waals surface area contributed by atoms with Crippen molar-refractivity contribution in [1.29, 1.82) is 0 Å². The van der Waals surface area contributed by atoms with Crippen LogP contribution >= 0.6 is 22.9 Å². The van der Waals surface area contributed by atoms with Crippen LogP contribution in [0, 0.1) is 16.8 Å². The van der Waals surface area contributed by atoms with E-state index >= 15 is 0 Å². The normalized spacial score (nSPS) is 11.0. The van der Waals surface area contributed by atoms with Crippen LogP contribution in [0.2, 0.25) is 5.02 Å². The van der Waals surface area contributed by atoms with Gasteiger partial charge in [-0.15, -0.1) is 11.3 Å². The highest BCUT2D eigenvalue weighted by molar-refractivity contribution is 7.10. The number of benzene rings is 2. The van der Waals surface area contributed by atoms with Crippen molar-refractivity contribution in [3.05, 3.63) is 74.7 Å². The van der Waals surface area contributed by atoms with E-state index in [9.17, 15) is 13.2 Å². The standard InChI is InChI=1S/C21H18ClF3OS/c1-2-3-4-13-9-17(23)21(18(24)10-13)26-12-19-16(11-20(25)27-19)14-5-7-15(22)8-6-14/h5-11H,2-4,12H2,1H3. The fourth-order valence-corrected chi connectivity index (χ4v) is 3.73. The van der Waals surface area contributed by atoms with E-state index in [4.69, 9.17) is 16.3 Å². The third kappa shape index (κ3) is 4.85. The zero-order valence-electron chi connectivity index (χ0n) is 14.7. The number of thiophene rings is 1. The summed E-state index contributed by atoms with van der Waals surface area (Å²) in [7, 11) is 0. The molecule has 0 aliphatic heterocycles. The van der Waals surface area contributed by atoms with Gasteiger partial charge in [0.2, 0.25) is 0 Å². The van der Waals surface area contributed by atoms with Gasteiger partial charge in [0.25, 0.3) is 0 Å². The van der Waals surface area contributed by atoms with Gasteiger partial charge in [0, 0.05) is 10.6 Å². The van der Waals surface area contributed by atoms with E-state index in [1.54, 1.807) is 24.3 Å². The maximum Gasteiger partial charge on any atom is 0.191 e. The van der Waals surface area contributed by atoms with E-state index in [-0.39, 0.29) is 6.61 Å².